The second-order valence-corrected chi connectivity index (χ2v) is 6.42. The van der Waals surface area contributed by atoms with Crippen LogP contribution in [-0.4, -0.2) is 22.0 Å². The highest BCUT2D eigenvalue weighted by Crippen LogP contribution is 2.35. The Bertz CT molecular complexity index is 690. The van der Waals surface area contributed by atoms with Gasteiger partial charge in [0.15, 0.2) is 0 Å². The van der Waals surface area contributed by atoms with Crippen LogP contribution in [0.2, 0.25) is 0 Å². The molecule has 5 nitrogen and oxygen atoms in total. The average molecular weight is 325 g/mol. The van der Waals surface area contributed by atoms with Gasteiger partial charge in [-0.3, -0.25) is 4.79 Å². The van der Waals surface area contributed by atoms with E-state index in [1.165, 1.54) is 12.7 Å². The lowest BCUT2D eigenvalue weighted by Crippen LogP contribution is -2.15. The molecule has 126 valence electrons. The highest BCUT2D eigenvalue weighted by Gasteiger charge is 2.31. The Kier molecular flexibility index (Phi) is 5.08. The lowest BCUT2D eigenvalue weighted by Gasteiger charge is -2.13. The fraction of sp³-hybridized carbons (Fsp3) is 0.421. The van der Waals surface area contributed by atoms with Crippen molar-refractivity contribution < 1.29 is 9.53 Å². The molecule has 1 fully saturated rings. The molecule has 1 aliphatic carbocycles. The van der Waals surface area contributed by atoms with Crippen molar-refractivity contribution in [1.82, 2.24) is 9.97 Å². The summed E-state index contributed by atoms with van der Waals surface area (Å²) in [5.74, 6) is 2.17. The number of hydrogen-bond donors (Lipinski definition) is 1. The van der Waals surface area contributed by atoms with Crippen LogP contribution in [-0.2, 0) is 0 Å². The monoisotopic (exact) mass is 325 g/mol. The van der Waals surface area contributed by atoms with Crippen molar-refractivity contribution in [2.24, 2.45) is 11.8 Å². The minimum atomic E-state index is -0.194. The fourth-order valence-corrected chi connectivity index (χ4v) is 3.36. The molecule has 1 aromatic heterocycles. The molecule has 0 unspecified atom stereocenters. The van der Waals surface area contributed by atoms with E-state index in [-0.39, 0.29) is 12.0 Å². The first kappa shape index (κ1) is 16.4. The topological polar surface area (TPSA) is 64.1 Å². The van der Waals surface area contributed by atoms with Crippen LogP contribution in [0.4, 0.5) is 5.82 Å². The van der Waals surface area contributed by atoms with Crippen molar-refractivity contribution >= 4 is 11.7 Å². The quantitative estimate of drug-likeness (QED) is 0.904. The zero-order valence-corrected chi connectivity index (χ0v) is 14.1. The number of anilines is 1. The Balaban J connectivity index is 1.63. The number of ether oxygens (including phenoxy) is 1. The smallest absolute Gasteiger partial charge is 0.256 e. The molecule has 0 spiro atoms. The molecule has 3 atom stereocenters. The lowest BCUT2D eigenvalue weighted by molar-refractivity contribution is 0.102. The Labute approximate surface area is 142 Å². The molecule has 1 aliphatic rings. The van der Waals surface area contributed by atoms with E-state index in [9.17, 15) is 4.79 Å². The van der Waals surface area contributed by atoms with E-state index < -0.39 is 0 Å². The van der Waals surface area contributed by atoms with Crippen molar-refractivity contribution in [2.45, 2.75) is 39.2 Å². The Morgan fingerprint density at radius 2 is 2.04 bits per heavy atom. The molecule has 1 aromatic carbocycles. The van der Waals surface area contributed by atoms with Crippen LogP contribution in [0.5, 0.6) is 5.88 Å². The molecule has 1 amide bonds. The first-order valence-electron chi connectivity index (χ1n) is 8.50. The van der Waals surface area contributed by atoms with Crippen molar-refractivity contribution in [3.05, 3.63) is 48.3 Å². The number of carbonyl (C=O) groups excluding carboxylic acids is 1. The molecular weight excluding hydrogens is 302 g/mol. The third-order valence-corrected chi connectivity index (χ3v) is 4.74. The predicted molar refractivity (Wildman–Crippen MR) is 93.0 cm³/mol. The number of aromatic nitrogens is 2. The maximum absolute atomic E-state index is 12.2. The number of benzene rings is 1. The average Bonchev–Trinajstić information content (AvgIpc) is 2.95. The first-order valence-corrected chi connectivity index (χ1v) is 8.50. The molecule has 3 rings (SSSR count). The van der Waals surface area contributed by atoms with Crippen molar-refractivity contribution in [3.63, 3.8) is 0 Å². The highest BCUT2D eigenvalue weighted by molar-refractivity contribution is 6.03. The van der Waals surface area contributed by atoms with Gasteiger partial charge in [0.2, 0.25) is 5.88 Å². The summed E-state index contributed by atoms with van der Waals surface area (Å²) in [5.41, 5.74) is 0.592. The zero-order valence-electron chi connectivity index (χ0n) is 14.1. The van der Waals surface area contributed by atoms with Gasteiger partial charge in [-0.1, -0.05) is 38.5 Å². The summed E-state index contributed by atoms with van der Waals surface area (Å²) in [6.45, 7) is 4.51. The minimum absolute atomic E-state index is 0.192. The summed E-state index contributed by atoms with van der Waals surface area (Å²) >= 11 is 0. The van der Waals surface area contributed by atoms with Crippen LogP contribution in [0.3, 0.4) is 0 Å². The van der Waals surface area contributed by atoms with Gasteiger partial charge >= 0.3 is 0 Å². The number of rotatable bonds is 5. The zero-order chi connectivity index (χ0) is 16.9. The third-order valence-electron chi connectivity index (χ3n) is 4.74. The Hall–Kier alpha value is -2.43. The summed E-state index contributed by atoms with van der Waals surface area (Å²) in [6.07, 6.45) is 4.91. The van der Waals surface area contributed by atoms with Crippen LogP contribution < -0.4 is 10.1 Å². The number of nitrogens with one attached hydrogen (secondary N) is 1. The van der Waals surface area contributed by atoms with E-state index >= 15 is 0 Å². The maximum Gasteiger partial charge on any atom is 0.256 e. The first-order chi connectivity index (χ1) is 11.7. The number of carbonyl (C=O) groups is 1. The molecule has 24 heavy (non-hydrogen) atoms. The van der Waals surface area contributed by atoms with Crippen molar-refractivity contribution in [1.29, 1.82) is 0 Å². The summed E-state index contributed by atoms with van der Waals surface area (Å²) in [6, 6.07) is 10.7. The van der Waals surface area contributed by atoms with Gasteiger partial charge in [0.1, 0.15) is 18.2 Å². The summed E-state index contributed by atoms with van der Waals surface area (Å²) in [5, 5.41) is 2.78. The molecule has 1 saturated carbocycles. The lowest BCUT2D eigenvalue weighted by atomic mass is 9.96. The van der Waals surface area contributed by atoms with Gasteiger partial charge in [-0.25, -0.2) is 9.97 Å². The molecule has 0 aliphatic heterocycles. The van der Waals surface area contributed by atoms with Gasteiger partial charge in [-0.15, -0.1) is 0 Å². The molecule has 0 saturated heterocycles. The van der Waals surface area contributed by atoms with Gasteiger partial charge in [-0.05, 0) is 36.8 Å². The van der Waals surface area contributed by atoms with Crippen LogP contribution in [0.15, 0.2) is 42.7 Å². The van der Waals surface area contributed by atoms with E-state index in [4.69, 9.17) is 4.74 Å². The van der Waals surface area contributed by atoms with Gasteiger partial charge < -0.3 is 10.1 Å². The van der Waals surface area contributed by atoms with Gasteiger partial charge in [-0.2, -0.15) is 0 Å². The third kappa shape index (κ3) is 3.91. The predicted octanol–water partition coefficient (Wildman–Crippen LogP) is 3.93. The van der Waals surface area contributed by atoms with Gasteiger partial charge in [0, 0.05) is 11.6 Å². The molecule has 1 N–H and O–H groups in total. The SMILES string of the molecule is CC[C@H]1C[C@@H](Oc2cc(NC(=O)c3ccccc3)ncn2)C[C@@H]1C. The minimum Gasteiger partial charge on any atom is -0.474 e. The van der Waals surface area contributed by atoms with Crippen LogP contribution >= 0.6 is 0 Å². The van der Waals surface area contributed by atoms with E-state index in [1.807, 2.05) is 18.2 Å². The van der Waals surface area contributed by atoms with Crippen LogP contribution in [0.25, 0.3) is 0 Å². The van der Waals surface area contributed by atoms with Gasteiger partial charge in [0.05, 0.1) is 0 Å². The summed E-state index contributed by atoms with van der Waals surface area (Å²) in [4.78, 5) is 20.5. The Morgan fingerprint density at radius 3 is 2.75 bits per heavy atom. The van der Waals surface area contributed by atoms with E-state index in [0.29, 0.717) is 29.1 Å². The van der Waals surface area contributed by atoms with Crippen LogP contribution in [0, 0.1) is 11.8 Å². The summed E-state index contributed by atoms with van der Waals surface area (Å²) < 4.78 is 6.00. The Morgan fingerprint density at radius 1 is 1.25 bits per heavy atom. The largest absolute Gasteiger partial charge is 0.474 e. The van der Waals surface area contributed by atoms with Crippen molar-refractivity contribution in [3.8, 4) is 5.88 Å². The van der Waals surface area contributed by atoms with E-state index in [0.717, 1.165) is 12.8 Å². The number of nitrogens with zero attached hydrogens (tertiary/aromatic N) is 2. The highest BCUT2D eigenvalue weighted by atomic mass is 16.5. The van der Waals surface area contributed by atoms with Gasteiger partial charge in [0.25, 0.3) is 5.91 Å². The fourth-order valence-electron chi connectivity index (χ4n) is 3.36. The standard InChI is InChI=1S/C19H23N3O2/c1-3-14-10-16(9-13(14)2)24-18-11-17(20-12-21-18)22-19(23)15-7-5-4-6-8-15/h4-8,11-14,16H,3,9-10H2,1-2H3,(H,20,21,22,23)/t13-,14-,16-/m0/s1. The van der Waals surface area contributed by atoms with Crippen LogP contribution in [0.1, 0.15) is 43.5 Å². The maximum atomic E-state index is 12.2. The molecule has 5 heteroatoms. The molecule has 2 aromatic rings. The molecule has 0 bridgehead atoms. The van der Waals surface area contributed by atoms with E-state index in [1.54, 1.807) is 18.2 Å². The second-order valence-electron chi connectivity index (χ2n) is 6.42. The van der Waals surface area contributed by atoms with Crippen molar-refractivity contribution in [2.75, 3.05) is 5.32 Å². The number of amides is 1. The molecular formula is C19H23N3O2. The van der Waals surface area contributed by atoms with E-state index in [2.05, 4.69) is 29.1 Å². The summed E-state index contributed by atoms with van der Waals surface area (Å²) in [7, 11) is 0. The molecule has 0 radical (unpaired) electrons. The second kappa shape index (κ2) is 7.43. The number of hydrogen-bond acceptors (Lipinski definition) is 4. The molecule has 1 heterocycles. The normalized spacial score (nSPS) is 23.0.